The molecule has 0 saturated carbocycles. The third-order valence-electron chi connectivity index (χ3n) is 4.46. The number of aromatic nitrogens is 2. The number of carbonyl (C=O) groups excluding carboxylic acids is 1. The van der Waals surface area contributed by atoms with Crippen molar-refractivity contribution in [2.45, 2.75) is 18.6 Å². The highest BCUT2D eigenvalue weighted by molar-refractivity contribution is 7.10. The van der Waals surface area contributed by atoms with Crippen LogP contribution in [0.4, 0.5) is 13.2 Å². The summed E-state index contributed by atoms with van der Waals surface area (Å²) in [7, 11) is 0. The maximum Gasteiger partial charge on any atom is 0.449 e. The molecule has 0 saturated heterocycles. The molecule has 29 heavy (non-hydrogen) atoms. The van der Waals surface area contributed by atoms with Crippen molar-refractivity contribution in [3.05, 3.63) is 87.9 Å². The Labute approximate surface area is 168 Å². The van der Waals surface area contributed by atoms with Gasteiger partial charge in [-0.25, -0.2) is 4.98 Å². The first-order chi connectivity index (χ1) is 13.9. The van der Waals surface area contributed by atoms with Gasteiger partial charge in [0, 0.05) is 4.88 Å². The number of H-pyrrole nitrogens is 1. The van der Waals surface area contributed by atoms with Gasteiger partial charge in [-0.2, -0.15) is 13.2 Å². The Bertz CT molecular complexity index is 1120. The largest absolute Gasteiger partial charge is 0.449 e. The fourth-order valence-electron chi connectivity index (χ4n) is 3.13. The van der Waals surface area contributed by atoms with Gasteiger partial charge in [-0.1, -0.05) is 42.5 Å². The summed E-state index contributed by atoms with van der Waals surface area (Å²) in [4.78, 5) is 19.5. The molecule has 4 aromatic rings. The molecule has 148 valence electrons. The van der Waals surface area contributed by atoms with E-state index in [0.717, 1.165) is 10.4 Å². The number of rotatable bonds is 5. The Morgan fingerprint density at radius 1 is 1.07 bits per heavy atom. The first kappa shape index (κ1) is 19.2. The first-order valence-corrected chi connectivity index (χ1v) is 9.71. The van der Waals surface area contributed by atoms with Gasteiger partial charge >= 0.3 is 6.18 Å². The third-order valence-corrected chi connectivity index (χ3v) is 5.34. The third kappa shape index (κ3) is 4.32. The average molecular weight is 415 g/mol. The number of benzene rings is 2. The summed E-state index contributed by atoms with van der Waals surface area (Å²) in [6, 6.07) is 17.4. The van der Waals surface area contributed by atoms with E-state index in [4.69, 9.17) is 0 Å². The molecule has 0 radical (unpaired) electrons. The van der Waals surface area contributed by atoms with Crippen LogP contribution in [0.25, 0.3) is 11.0 Å². The van der Waals surface area contributed by atoms with Gasteiger partial charge in [0.15, 0.2) is 0 Å². The predicted molar refractivity (Wildman–Crippen MR) is 106 cm³/mol. The number of alkyl halides is 3. The van der Waals surface area contributed by atoms with Crippen LogP contribution >= 0.6 is 11.3 Å². The highest BCUT2D eigenvalue weighted by atomic mass is 32.1. The molecule has 0 fully saturated rings. The van der Waals surface area contributed by atoms with E-state index in [1.165, 1.54) is 17.4 Å². The van der Waals surface area contributed by atoms with Crippen molar-refractivity contribution >= 4 is 28.3 Å². The Hall–Kier alpha value is -3.13. The lowest BCUT2D eigenvalue weighted by molar-refractivity contribution is -0.144. The molecule has 0 bridgehead atoms. The maximum absolute atomic E-state index is 13.0. The molecule has 4 rings (SSSR count). The fourth-order valence-corrected chi connectivity index (χ4v) is 3.83. The lowest BCUT2D eigenvalue weighted by Crippen LogP contribution is -2.30. The number of fused-ring (bicyclic) bond motifs is 1. The maximum atomic E-state index is 13.0. The number of carbonyl (C=O) groups is 1. The normalized spacial score (nSPS) is 12.8. The van der Waals surface area contributed by atoms with Crippen molar-refractivity contribution in [1.29, 1.82) is 0 Å². The van der Waals surface area contributed by atoms with Gasteiger partial charge < -0.3 is 10.3 Å². The van der Waals surface area contributed by atoms with Gasteiger partial charge in [-0.3, -0.25) is 4.79 Å². The summed E-state index contributed by atoms with van der Waals surface area (Å²) < 4.78 is 38.9. The summed E-state index contributed by atoms with van der Waals surface area (Å²) in [6.45, 7) is 0. The number of amides is 1. The van der Waals surface area contributed by atoms with Crippen LogP contribution in [0, 0.1) is 0 Å². The number of halogens is 3. The highest BCUT2D eigenvalue weighted by Crippen LogP contribution is 2.30. The summed E-state index contributed by atoms with van der Waals surface area (Å²) >= 11 is 1.50. The number of hydrogen-bond acceptors (Lipinski definition) is 3. The molecule has 0 aliphatic rings. The van der Waals surface area contributed by atoms with E-state index in [2.05, 4.69) is 15.3 Å². The lowest BCUT2D eigenvalue weighted by Gasteiger charge is -2.20. The molecular formula is C21H16F3N3OS. The van der Waals surface area contributed by atoms with Crippen LogP contribution in [-0.4, -0.2) is 15.9 Å². The van der Waals surface area contributed by atoms with E-state index in [9.17, 15) is 18.0 Å². The number of aromatic amines is 1. The summed E-state index contributed by atoms with van der Waals surface area (Å²) in [6.07, 6.45) is -4.31. The van der Waals surface area contributed by atoms with Crippen molar-refractivity contribution < 1.29 is 18.0 Å². The van der Waals surface area contributed by atoms with E-state index in [0.29, 0.717) is 5.56 Å². The van der Waals surface area contributed by atoms with Crippen molar-refractivity contribution in [3.8, 4) is 0 Å². The summed E-state index contributed by atoms with van der Waals surface area (Å²) in [5, 5.41) is 4.91. The van der Waals surface area contributed by atoms with Gasteiger partial charge in [-0.15, -0.1) is 11.3 Å². The Balaban J connectivity index is 1.68. The van der Waals surface area contributed by atoms with Gasteiger partial charge in [-0.05, 0) is 34.7 Å². The molecule has 8 heteroatoms. The molecule has 0 aliphatic carbocycles. The lowest BCUT2D eigenvalue weighted by atomic mass is 9.98. The molecule has 2 N–H and O–H groups in total. The standard InChI is InChI=1S/C21H16F3N3OS/c22-21(23,24)20-25-16-9-8-14(11-17(16)26-20)19(13-5-2-1-3-6-13)27-18(28)12-15-7-4-10-29-15/h1-11,19H,12H2,(H,25,26)(H,27,28). The molecule has 2 aromatic heterocycles. The zero-order valence-corrected chi connectivity index (χ0v) is 15.8. The summed E-state index contributed by atoms with van der Waals surface area (Å²) in [5.74, 6) is -1.20. The molecule has 4 nitrogen and oxygen atoms in total. The molecule has 2 heterocycles. The summed E-state index contributed by atoms with van der Waals surface area (Å²) in [5.41, 5.74) is 1.99. The Kier molecular flexibility index (Phi) is 5.10. The Morgan fingerprint density at radius 2 is 1.86 bits per heavy atom. The van der Waals surface area contributed by atoms with Gasteiger partial charge in [0.1, 0.15) is 0 Å². The number of nitrogens with one attached hydrogen (secondary N) is 2. The van der Waals surface area contributed by atoms with E-state index in [-0.39, 0.29) is 23.4 Å². The SMILES string of the molecule is O=C(Cc1cccs1)NC(c1ccccc1)c1ccc2nc(C(F)(F)F)[nH]c2c1. The molecule has 1 amide bonds. The first-order valence-electron chi connectivity index (χ1n) is 8.84. The molecule has 1 unspecified atom stereocenters. The highest BCUT2D eigenvalue weighted by Gasteiger charge is 2.34. The van der Waals surface area contributed by atoms with Crippen LogP contribution in [0.15, 0.2) is 66.0 Å². The molecule has 0 aliphatic heterocycles. The number of hydrogen-bond donors (Lipinski definition) is 2. The zero-order valence-electron chi connectivity index (χ0n) is 15.0. The van der Waals surface area contributed by atoms with Crippen LogP contribution in [0.5, 0.6) is 0 Å². The van der Waals surface area contributed by atoms with E-state index in [1.54, 1.807) is 12.1 Å². The van der Waals surface area contributed by atoms with Crippen LogP contribution in [-0.2, 0) is 17.4 Å². The predicted octanol–water partition coefficient (Wildman–Crippen LogP) is 5.09. The minimum absolute atomic E-state index is 0.165. The van der Waals surface area contributed by atoms with Crippen LogP contribution < -0.4 is 5.32 Å². The fraction of sp³-hybridized carbons (Fsp3) is 0.143. The van der Waals surface area contributed by atoms with E-state index in [1.807, 2.05) is 47.8 Å². The number of thiophene rings is 1. The number of nitrogens with zero attached hydrogens (tertiary/aromatic N) is 1. The van der Waals surface area contributed by atoms with Gasteiger partial charge in [0.25, 0.3) is 0 Å². The van der Waals surface area contributed by atoms with Crippen molar-refractivity contribution in [1.82, 2.24) is 15.3 Å². The van der Waals surface area contributed by atoms with Crippen LogP contribution in [0.3, 0.4) is 0 Å². The second kappa shape index (κ2) is 7.71. The molecular weight excluding hydrogens is 399 g/mol. The molecule has 2 aromatic carbocycles. The van der Waals surface area contributed by atoms with Crippen molar-refractivity contribution in [2.75, 3.05) is 0 Å². The topological polar surface area (TPSA) is 57.8 Å². The average Bonchev–Trinajstić information content (AvgIpc) is 3.35. The van der Waals surface area contributed by atoms with Crippen molar-refractivity contribution in [2.24, 2.45) is 0 Å². The van der Waals surface area contributed by atoms with E-state index < -0.39 is 18.0 Å². The van der Waals surface area contributed by atoms with Gasteiger partial charge in [0.2, 0.25) is 11.7 Å². The number of imidazole rings is 1. The minimum atomic E-state index is -4.55. The van der Waals surface area contributed by atoms with Crippen molar-refractivity contribution in [3.63, 3.8) is 0 Å². The zero-order chi connectivity index (χ0) is 20.4. The van der Waals surface area contributed by atoms with E-state index >= 15 is 0 Å². The monoisotopic (exact) mass is 415 g/mol. The Morgan fingerprint density at radius 3 is 2.55 bits per heavy atom. The second-order valence-electron chi connectivity index (χ2n) is 6.53. The van der Waals surface area contributed by atoms with Crippen LogP contribution in [0.2, 0.25) is 0 Å². The second-order valence-corrected chi connectivity index (χ2v) is 7.56. The molecule has 0 spiro atoms. The smallest absolute Gasteiger partial charge is 0.345 e. The van der Waals surface area contributed by atoms with Crippen LogP contribution in [0.1, 0.15) is 27.9 Å². The van der Waals surface area contributed by atoms with Gasteiger partial charge in [0.05, 0.1) is 23.5 Å². The minimum Gasteiger partial charge on any atom is -0.345 e. The molecule has 1 atom stereocenters. The quantitative estimate of drug-likeness (QED) is 0.477.